The monoisotopic (exact) mass is 483 g/mol. The van der Waals surface area contributed by atoms with Crippen molar-refractivity contribution >= 4 is 29.4 Å². The minimum absolute atomic E-state index is 0.183. The second-order valence-electron chi connectivity index (χ2n) is 10.0. The third-order valence-electron chi connectivity index (χ3n) is 6.84. The summed E-state index contributed by atoms with van der Waals surface area (Å²) in [5.74, 6) is -0.551. The normalized spacial score (nSPS) is 22.6. The predicted octanol–water partition coefficient (Wildman–Crippen LogP) is 3.13. The van der Waals surface area contributed by atoms with Crippen LogP contribution < -0.4 is 15.0 Å². The van der Waals surface area contributed by atoms with E-state index >= 15 is 0 Å². The van der Waals surface area contributed by atoms with Crippen molar-refractivity contribution in [2.75, 3.05) is 18.0 Å². The van der Waals surface area contributed by atoms with Crippen molar-refractivity contribution in [1.82, 2.24) is 15.3 Å². The second kappa shape index (κ2) is 8.44. The van der Waals surface area contributed by atoms with Crippen LogP contribution in [0.2, 0.25) is 5.02 Å². The molecule has 4 rings (SSSR count). The lowest BCUT2D eigenvalue weighted by Gasteiger charge is -2.63. The van der Waals surface area contributed by atoms with E-state index in [2.05, 4.69) is 15.3 Å². The van der Waals surface area contributed by atoms with Crippen molar-refractivity contribution < 1.29 is 19.4 Å². The maximum absolute atomic E-state index is 12.9. The van der Waals surface area contributed by atoms with Gasteiger partial charge in [0, 0.05) is 48.4 Å². The molecule has 1 saturated heterocycles. The number of amides is 1. The lowest BCUT2D eigenvalue weighted by Crippen LogP contribution is -2.74. The lowest BCUT2D eigenvalue weighted by atomic mass is 9.49. The molecule has 0 radical (unpaired) electrons. The molecular weight excluding hydrogens is 458 g/mol. The number of nitriles is 1. The Labute approximate surface area is 202 Å². The average molecular weight is 484 g/mol. The van der Waals surface area contributed by atoms with Crippen LogP contribution in [-0.4, -0.2) is 52.2 Å². The molecule has 1 aliphatic heterocycles. The van der Waals surface area contributed by atoms with E-state index in [1.165, 1.54) is 12.4 Å². The van der Waals surface area contributed by atoms with Gasteiger partial charge < -0.3 is 20.1 Å². The molecule has 10 heteroatoms. The van der Waals surface area contributed by atoms with Crippen LogP contribution in [0.5, 0.6) is 5.75 Å². The molecule has 0 bridgehead atoms. The zero-order chi connectivity index (χ0) is 24.8. The smallest absolute Gasteiger partial charge is 0.310 e. The first kappa shape index (κ1) is 23.8. The van der Waals surface area contributed by atoms with Crippen LogP contribution in [0.15, 0.2) is 30.6 Å². The number of ether oxygens (including phenoxy) is 1. The van der Waals surface area contributed by atoms with Crippen molar-refractivity contribution in [2.45, 2.75) is 39.8 Å². The van der Waals surface area contributed by atoms with Gasteiger partial charge in [0.1, 0.15) is 17.9 Å². The number of hydrogen-bond acceptors (Lipinski definition) is 7. The largest absolute Gasteiger partial charge is 0.489 e. The third kappa shape index (κ3) is 4.03. The zero-order valence-corrected chi connectivity index (χ0v) is 20.1. The van der Waals surface area contributed by atoms with E-state index in [0.717, 1.165) is 0 Å². The number of nitrogens with zero attached hydrogens (tertiary/aromatic N) is 4. The van der Waals surface area contributed by atoms with Gasteiger partial charge in [-0.2, -0.15) is 5.26 Å². The van der Waals surface area contributed by atoms with Gasteiger partial charge >= 0.3 is 5.97 Å². The number of hydrogen-bond donors (Lipinski definition) is 2. The lowest BCUT2D eigenvalue weighted by molar-refractivity contribution is -0.164. The van der Waals surface area contributed by atoms with Gasteiger partial charge in [0.25, 0.3) is 5.91 Å². The highest BCUT2D eigenvalue weighted by Crippen LogP contribution is 2.55. The van der Waals surface area contributed by atoms with E-state index < -0.39 is 11.9 Å². The number of carbonyl (C=O) groups is 2. The summed E-state index contributed by atoms with van der Waals surface area (Å²) in [7, 11) is 0. The molecule has 1 aromatic heterocycles. The van der Waals surface area contributed by atoms with Crippen molar-refractivity contribution in [3.63, 3.8) is 0 Å². The first-order chi connectivity index (χ1) is 15.9. The molecule has 1 aromatic carbocycles. The van der Waals surface area contributed by atoms with Crippen molar-refractivity contribution in [3.8, 4) is 11.8 Å². The number of halogens is 1. The van der Waals surface area contributed by atoms with Gasteiger partial charge in [0.2, 0.25) is 5.95 Å². The minimum atomic E-state index is -0.831. The highest BCUT2D eigenvalue weighted by atomic mass is 35.5. The van der Waals surface area contributed by atoms with Gasteiger partial charge in [0.15, 0.2) is 0 Å². The van der Waals surface area contributed by atoms with E-state index in [1.54, 1.807) is 23.1 Å². The summed E-state index contributed by atoms with van der Waals surface area (Å²) in [6.45, 7) is 8.83. The number of carboxylic acids is 1. The number of carbonyl (C=O) groups excluding carboxylic acids is 1. The molecule has 0 spiro atoms. The summed E-state index contributed by atoms with van der Waals surface area (Å²) in [6.07, 6.45) is 2.70. The molecule has 1 aliphatic carbocycles. The van der Waals surface area contributed by atoms with Gasteiger partial charge in [0.05, 0.1) is 22.1 Å². The molecule has 2 heterocycles. The highest BCUT2D eigenvalue weighted by molar-refractivity contribution is 6.31. The fourth-order valence-corrected chi connectivity index (χ4v) is 5.42. The molecule has 34 heavy (non-hydrogen) atoms. The molecule has 2 fully saturated rings. The Bertz CT molecular complexity index is 1150. The Morgan fingerprint density at radius 3 is 2.35 bits per heavy atom. The van der Waals surface area contributed by atoms with Gasteiger partial charge in [-0.25, -0.2) is 9.97 Å². The van der Waals surface area contributed by atoms with Crippen LogP contribution in [-0.2, 0) is 4.79 Å². The van der Waals surface area contributed by atoms with Gasteiger partial charge in [-0.15, -0.1) is 0 Å². The minimum Gasteiger partial charge on any atom is -0.489 e. The molecule has 9 nitrogen and oxygen atoms in total. The molecule has 2 N–H and O–H groups in total. The Kier molecular flexibility index (Phi) is 5.90. The number of anilines is 1. The number of aliphatic carboxylic acids is 1. The van der Waals surface area contributed by atoms with Crippen LogP contribution in [0.1, 0.15) is 43.6 Å². The van der Waals surface area contributed by atoms with Gasteiger partial charge in [-0.1, -0.05) is 39.3 Å². The van der Waals surface area contributed by atoms with Crippen LogP contribution in [0.4, 0.5) is 5.95 Å². The second-order valence-corrected chi connectivity index (χ2v) is 10.4. The van der Waals surface area contributed by atoms with Crippen molar-refractivity contribution in [1.29, 1.82) is 5.26 Å². The van der Waals surface area contributed by atoms with E-state index in [9.17, 15) is 9.59 Å². The molecular formula is C24H26ClN5O4. The summed E-state index contributed by atoms with van der Waals surface area (Å²) in [5, 5.41) is 21.5. The van der Waals surface area contributed by atoms with Crippen LogP contribution in [0.25, 0.3) is 0 Å². The van der Waals surface area contributed by atoms with Crippen molar-refractivity contribution in [2.24, 2.45) is 16.7 Å². The Hall–Kier alpha value is -3.38. The highest BCUT2D eigenvalue weighted by Gasteiger charge is 2.64. The van der Waals surface area contributed by atoms with E-state index in [1.807, 2.05) is 33.8 Å². The van der Waals surface area contributed by atoms with Crippen LogP contribution >= 0.6 is 11.6 Å². The molecule has 2 aromatic rings. The Morgan fingerprint density at radius 2 is 1.82 bits per heavy atom. The number of carboxylic acid groups (broad SMARTS) is 1. The maximum Gasteiger partial charge on any atom is 0.310 e. The quantitative estimate of drug-likeness (QED) is 0.641. The summed E-state index contributed by atoms with van der Waals surface area (Å²) >= 11 is 6.15. The maximum atomic E-state index is 12.9. The number of nitrogens with one attached hydrogen (secondary N) is 1. The molecule has 2 aliphatic rings. The Morgan fingerprint density at radius 1 is 1.21 bits per heavy atom. The molecule has 1 amide bonds. The van der Waals surface area contributed by atoms with Gasteiger partial charge in [-0.05, 0) is 12.1 Å². The first-order valence-corrected chi connectivity index (χ1v) is 11.3. The molecule has 0 unspecified atom stereocenters. The summed E-state index contributed by atoms with van der Waals surface area (Å²) < 4.78 is 6.25. The van der Waals surface area contributed by atoms with Gasteiger partial charge in [-0.3, -0.25) is 9.59 Å². The fraction of sp³-hybridized carbons (Fsp3) is 0.458. The predicted molar refractivity (Wildman–Crippen MR) is 125 cm³/mol. The van der Waals surface area contributed by atoms with Crippen LogP contribution in [0.3, 0.4) is 0 Å². The summed E-state index contributed by atoms with van der Waals surface area (Å²) in [5.41, 5.74) is -0.0580. The topological polar surface area (TPSA) is 128 Å². The number of benzene rings is 1. The Balaban J connectivity index is 1.41. The van der Waals surface area contributed by atoms with E-state index in [4.69, 9.17) is 26.7 Å². The average Bonchev–Trinajstić information content (AvgIpc) is 2.74. The summed E-state index contributed by atoms with van der Waals surface area (Å²) in [6, 6.07) is 6.83. The SMILES string of the molecule is CC1(C)C(NC(=O)c2cnc(N3CC(C(=O)O)C3)nc2)C(C)(C)C1Oc1ccc(C#N)c(Cl)c1. The zero-order valence-electron chi connectivity index (χ0n) is 19.4. The first-order valence-electron chi connectivity index (χ1n) is 10.9. The number of rotatable bonds is 6. The molecule has 0 atom stereocenters. The third-order valence-corrected chi connectivity index (χ3v) is 7.16. The molecule has 178 valence electrons. The van der Waals surface area contributed by atoms with E-state index in [0.29, 0.717) is 40.9 Å². The summed E-state index contributed by atoms with van der Waals surface area (Å²) in [4.78, 5) is 34.1. The van der Waals surface area contributed by atoms with Crippen molar-refractivity contribution in [3.05, 3.63) is 46.7 Å². The van der Waals surface area contributed by atoms with E-state index in [-0.39, 0.29) is 28.9 Å². The number of aromatic nitrogens is 2. The fourth-order valence-electron chi connectivity index (χ4n) is 5.21. The van der Waals surface area contributed by atoms with Crippen LogP contribution in [0, 0.1) is 28.1 Å². The molecule has 1 saturated carbocycles. The standard InChI is InChI=1S/C24H26ClN5O4/c1-23(2)20(24(3,4)21(23)34-16-6-5-13(8-26)17(25)7-16)29-18(31)14-9-27-22(28-10-14)30-11-15(12-30)19(32)33/h5-7,9-10,15,20-21H,11-12H2,1-4H3,(H,29,31)(H,32,33).